The normalized spacial score (nSPS) is 25.7. The first-order chi connectivity index (χ1) is 7.08. The highest BCUT2D eigenvalue weighted by molar-refractivity contribution is 5.74. The molecule has 2 fully saturated rings. The predicted molar refractivity (Wildman–Crippen MR) is 60.8 cm³/mol. The largest absolute Gasteiger partial charge is 0.325 e. The molecule has 2 amide bonds. The van der Waals surface area contributed by atoms with Gasteiger partial charge < -0.3 is 9.80 Å². The minimum absolute atomic E-state index is 0.278. The molecule has 0 spiro atoms. The van der Waals surface area contributed by atoms with E-state index in [9.17, 15) is 4.79 Å². The molecule has 86 valence electrons. The van der Waals surface area contributed by atoms with E-state index in [1.807, 2.05) is 9.80 Å². The first-order valence-electron chi connectivity index (χ1n) is 6.12. The summed E-state index contributed by atoms with van der Waals surface area (Å²) in [6.45, 7) is 8.31. The van der Waals surface area contributed by atoms with E-state index in [1.165, 1.54) is 19.3 Å². The number of carbonyl (C=O) groups excluding carboxylic acids is 1. The van der Waals surface area contributed by atoms with Crippen LogP contribution in [-0.2, 0) is 0 Å². The van der Waals surface area contributed by atoms with E-state index >= 15 is 0 Å². The lowest BCUT2D eigenvalue weighted by atomic mass is 9.93. The highest BCUT2D eigenvalue weighted by Crippen LogP contribution is 2.29. The lowest BCUT2D eigenvalue weighted by Gasteiger charge is -2.31. The molecule has 0 aromatic carbocycles. The van der Waals surface area contributed by atoms with Crippen LogP contribution in [0.2, 0.25) is 0 Å². The molecule has 2 heterocycles. The summed E-state index contributed by atoms with van der Waals surface area (Å²) in [5, 5.41) is 0. The Bertz CT molecular complexity index is 244. The van der Waals surface area contributed by atoms with Gasteiger partial charge in [0.2, 0.25) is 0 Å². The molecule has 0 aromatic heterocycles. The van der Waals surface area contributed by atoms with Crippen molar-refractivity contribution < 1.29 is 4.79 Å². The van der Waals surface area contributed by atoms with Crippen molar-refractivity contribution >= 4 is 6.03 Å². The van der Waals surface area contributed by atoms with E-state index < -0.39 is 0 Å². The summed E-state index contributed by atoms with van der Waals surface area (Å²) < 4.78 is 0. The van der Waals surface area contributed by atoms with Crippen LogP contribution >= 0.6 is 0 Å². The molecule has 2 aliphatic heterocycles. The Morgan fingerprint density at radius 2 is 1.67 bits per heavy atom. The van der Waals surface area contributed by atoms with E-state index in [4.69, 9.17) is 0 Å². The van der Waals surface area contributed by atoms with Gasteiger partial charge in [0.1, 0.15) is 0 Å². The maximum atomic E-state index is 12.1. The molecule has 2 aliphatic rings. The minimum Gasteiger partial charge on any atom is -0.325 e. The van der Waals surface area contributed by atoms with E-state index in [1.54, 1.807) is 0 Å². The van der Waals surface area contributed by atoms with Crippen LogP contribution in [0.1, 0.15) is 39.5 Å². The van der Waals surface area contributed by atoms with Crippen LogP contribution in [0.15, 0.2) is 0 Å². The van der Waals surface area contributed by atoms with Crippen molar-refractivity contribution in [3.8, 4) is 0 Å². The average molecular weight is 210 g/mol. The Kier molecular flexibility index (Phi) is 2.89. The summed E-state index contributed by atoms with van der Waals surface area (Å²) >= 11 is 0. The summed E-state index contributed by atoms with van der Waals surface area (Å²) in [6.07, 6.45) is 4.80. The topological polar surface area (TPSA) is 23.6 Å². The van der Waals surface area contributed by atoms with Gasteiger partial charge in [0.15, 0.2) is 0 Å². The third-order valence-electron chi connectivity index (χ3n) is 3.57. The second-order valence-electron chi connectivity index (χ2n) is 5.67. The highest BCUT2D eigenvalue weighted by atomic mass is 16.2. The quantitative estimate of drug-likeness (QED) is 0.602. The Labute approximate surface area is 92.4 Å². The van der Waals surface area contributed by atoms with E-state index in [0.717, 1.165) is 32.6 Å². The fourth-order valence-electron chi connectivity index (χ4n) is 2.56. The van der Waals surface area contributed by atoms with Crippen molar-refractivity contribution in [2.45, 2.75) is 39.5 Å². The molecule has 0 N–H and O–H groups in total. The summed E-state index contributed by atoms with van der Waals surface area (Å²) in [4.78, 5) is 16.2. The SMILES string of the molecule is CC1(C)CCN(C(=O)N2CCCCC2)C1. The van der Waals surface area contributed by atoms with Crippen molar-refractivity contribution in [3.63, 3.8) is 0 Å². The van der Waals surface area contributed by atoms with Crippen LogP contribution in [0, 0.1) is 5.41 Å². The van der Waals surface area contributed by atoms with Crippen LogP contribution < -0.4 is 0 Å². The van der Waals surface area contributed by atoms with E-state index in [-0.39, 0.29) is 6.03 Å². The maximum Gasteiger partial charge on any atom is 0.320 e. The molecule has 3 nitrogen and oxygen atoms in total. The first kappa shape index (κ1) is 10.8. The van der Waals surface area contributed by atoms with Gasteiger partial charge in [-0.05, 0) is 31.1 Å². The Hall–Kier alpha value is -0.730. The zero-order chi connectivity index (χ0) is 10.9. The number of amides is 2. The van der Waals surface area contributed by atoms with Gasteiger partial charge >= 0.3 is 6.03 Å². The van der Waals surface area contributed by atoms with Crippen molar-refractivity contribution in [1.82, 2.24) is 9.80 Å². The van der Waals surface area contributed by atoms with Gasteiger partial charge in [-0.2, -0.15) is 0 Å². The Morgan fingerprint density at radius 1 is 1.00 bits per heavy atom. The van der Waals surface area contributed by atoms with Gasteiger partial charge in [0.05, 0.1) is 0 Å². The van der Waals surface area contributed by atoms with Gasteiger partial charge in [-0.1, -0.05) is 13.8 Å². The van der Waals surface area contributed by atoms with E-state index in [0.29, 0.717) is 5.41 Å². The molecule has 0 unspecified atom stereocenters. The fraction of sp³-hybridized carbons (Fsp3) is 0.917. The molecule has 0 aromatic rings. The Balaban J connectivity index is 1.90. The zero-order valence-corrected chi connectivity index (χ0v) is 9.96. The molecule has 2 saturated heterocycles. The Morgan fingerprint density at radius 3 is 2.20 bits per heavy atom. The van der Waals surface area contributed by atoms with Crippen molar-refractivity contribution in [2.24, 2.45) is 5.41 Å². The molecule has 0 radical (unpaired) electrons. The molecular formula is C12H22N2O. The number of nitrogens with zero attached hydrogens (tertiary/aromatic N) is 2. The molecule has 15 heavy (non-hydrogen) atoms. The predicted octanol–water partition coefficient (Wildman–Crippen LogP) is 2.32. The molecule has 0 saturated carbocycles. The first-order valence-corrected chi connectivity index (χ1v) is 6.12. The number of urea groups is 1. The monoisotopic (exact) mass is 210 g/mol. The number of hydrogen-bond acceptors (Lipinski definition) is 1. The van der Waals surface area contributed by atoms with Crippen LogP contribution in [0.25, 0.3) is 0 Å². The van der Waals surface area contributed by atoms with Gasteiger partial charge in [0, 0.05) is 26.2 Å². The summed E-state index contributed by atoms with van der Waals surface area (Å²) in [7, 11) is 0. The number of likely N-dealkylation sites (tertiary alicyclic amines) is 2. The minimum atomic E-state index is 0.278. The van der Waals surface area contributed by atoms with Crippen LogP contribution in [0.3, 0.4) is 0 Å². The van der Waals surface area contributed by atoms with E-state index in [2.05, 4.69) is 13.8 Å². The third kappa shape index (κ3) is 2.44. The second kappa shape index (κ2) is 4.03. The molecule has 0 bridgehead atoms. The molecular weight excluding hydrogens is 188 g/mol. The molecule has 0 aliphatic carbocycles. The summed E-state index contributed by atoms with van der Waals surface area (Å²) in [5.74, 6) is 0. The van der Waals surface area contributed by atoms with Gasteiger partial charge in [0.25, 0.3) is 0 Å². The number of hydrogen-bond donors (Lipinski definition) is 0. The van der Waals surface area contributed by atoms with Crippen LogP contribution in [0.5, 0.6) is 0 Å². The fourth-order valence-corrected chi connectivity index (χ4v) is 2.56. The average Bonchev–Trinajstić information content (AvgIpc) is 2.59. The standard InChI is InChI=1S/C12H22N2O/c1-12(2)6-9-14(10-12)11(15)13-7-4-3-5-8-13/h3-10H2,1-2H3. The maximum absolute atomic E-state index is 12.1. The lowest BCUT2D eigenvalue weighted by Crippen LogP contribution is -2.44. The number of rotatable bonds is 0. The van der Waals surface area contributed by atoms with Gasteiger partial charge in [-0.25, -0.2) is 4.79 Å². The van der Waals surface area contributed by atoms with Crippen molar-refractivity contribution in [3.05, 3.63) is 0 Å². The number of carbonyl (C=O) groups is 1. The summed E-state index contributed by atoms with van der Waals surface area (Å²) in [5.41, 5.74) is 0.325. The summed E-state index contributed by atoms with van der Waals surface area (Å²) in [6, 6.07) is 0.278. The van der Waals surface area contributed by atoms with Gasteiger partial charge in [-0.3, -0.25) is 0 Å². The smallest absolute Gasteiger partial charge is 0.320 e. The molecule has 0 atom stereocenters. The number of piperidine rings is 1. The molecule has 3 heteroatoms. The zero-order valence-electron chi connectivity index (χ0n) is 9.96. The third-order valence-corrected chi connectivity index (χ3v) is 3.57. The molecule has 2 rings (SSSR count). The van der Waals surface area contributed by atoms with Crippen LogP contribution in [0.4, 0.5) is 4.79 Å². The highest BCUT2D eigenvalue weighted by Gasteiger charge is 2.34. The van der Waals surface area contributed by atoms with Crippen molar-refractivity contribution in [2.75, 3.05) is 26.2 Å². The second-order valence-corrected chi connectivity index (χ2v) is 5.67. The van der Waals surface area contributed by atoms with Crippen LogP contribution in [-0.4, -0.2) is 42.0 Å². The van der Waals surface area contributed by atoms with Crippen molar-refractivity contribution in [1.29, 1.82) is 0 Å². The van der Waals surface area contributed by atoms with Gasteiger partial charge in [-0.15, -0.1) is 0 Å². The lowest BCUT2D eigenvalue weighted by molar-refractivity contribution is 0.148.